The first-order valence-corrected chi connectivity index (χ1v) is 12.9. The topological polar surface area (TPSA) is 106 Å². The van der Waals surface area contributed by atoms with E-state index in [0.717, 1.165) is 32.1 Å². The largest absolute Gasteiger partial charge is 0.477 e. The van der Waals surface area contributed by atoms with Gasteiger partial charge in [0.05, 0.1) is 30.5 Å². The number of rotatable bonds is 8. The van der Waals surface area contributed by atoms with Crippen molar-refractivity contribution in [3.05, 3.63) is 17.8 Å². The Balaban J connectivity index is 1.35. The summed E-state index contributed by atoms with van der Waals surface area (Å²) in [5.74, 6) is 1.72. The Hall–Kier alpha value is -2.55. The highest BCUT2D eigenvalue weighted by atomic mass is 16.6. The maximum absolute atomic E-state index is 13.4. The van der Waals surface area contributed by atoms with Crippen molar-refractivity contribution in [2.24, 2.45) is 23.7 Å². The molecule has 1 aliphatic heterocycles. The molecule has 1 aromatic rings. The summed E-state index contributed by atoms with van der Waals surface area (Å²) in [7, 11) is 0. The molecule has 4 aliphatic carbocycles. The number of amides is 2. The predicted octanol–water partition coefficient (Wildman–Crippen LogP) is 3.29. The van der Waals surface area contributed by atoms with Crippen LogP contribution in [0.3, 0.4) is 0 Å². The van der Waals surface area contributed by atoms with Crippen LogP contribution < -0.4 is 10.1 Å². The Labute approximate surface area is 206 Å². The molecule has 0 radical (unpaired) electrons. The third-order valence-electron chi connectivity index (χ3n) is 8.17. The molecule has 9 nitrogen and oxygen atoms in total. The molecule has 0 aromatic carbocycles. The lowest BCUT2D eigenvalue weighted by Gasteiger charge is -2.58. The fourth-order valence-corrected chi connectivity index (χ4v) is 6.71. The Kier molecular flexibility index (Phi) is 6.10. The molecule has 2 unspecified atom stereocenters. The van der Waals surface area contributed by atoms with Crippen molar-refractivity contribution >= 4 is 18.2 Å². The van der Waals surface area contributed by atoms with Crippen LogP contribution in [0.2, 0.25) is 0 Å². The van der Waals surface area contributed by atoms with Crippen LogP contribution >= 0.6 is 0 Å². The number of carbonyl (C=O) groups excluding carboxylic acids is 2. The lowest BCUT2D eigenvalue weighted by molar-refractivity contribution is -0.136. The van der Waals surface area contributed by atoms with Crippen LogP contribution in [-0.2, 0) is 4.74 Å². The molecule has 6 rings (SSSR count). The van der Waals surface area contributed by atoms with Gasteiger partial charge in [-0.2, -0.15) is 5.10 Å². The maximum atomic E-state index is 13.4. The van der Waals surface area contributed by atoms with E-state index >= 15 is 0 Å². The first-order chi connectivity index (χ1) is 16.5. The number of carbonyl (C=O) groups is 2. The minimum Gasteiger partial charge on any atom is -0.477 e. The van der Waals surface area contributed by atoms with E-state index in [1.807, 2.05) is 19.9 Å². The Morgan fingerprint density at radius 1 is 1.34 bits per heavy atom. The zero-order chi connectivity index (χ0) is 25.0. The van der Waals surface area contributed by atoms with Crippen LogP contribution in [0.25, 0.3) is 6.20 Å². The van der Waals surface area contributed by atoms with Crippen molar-refractivity contribution in [2.45, 2.75) is 77.0 Å². The quantitative estimate of drug-likeness (QED) is 0.584. The Bertz CT molecular complexity index is 999. The SMILES string of the molecule is CC(C)COc1c(C(=O)N[C@H]2C3CC4CC2C[C@](O)(C4)C3)cnn1/C=C/C(C)(C)N1CCOC1=O. The summed E-state index contributed by atoms with van der Waals surface area (Å²) in [6.07, 6.45) is 9.46. The molecule has 1 aromatic heterocycles. The molecule has 4 saturated carbocycles. The van der Waals surface area contributed by atoms with E-state index in [-0.39, 0.29) is 24.0 Å². The lowest BCUT2D eigenvalue weighted by Crippen LogP contribution is -2.61. The van der Waals surface area contributed by atoms with Crippen LogP contribution in [0.1, 0.15) is 70.2 Å². The van der Waals surface area contributed by atoms with E-state index in [1.54, 1.807) is 22.0 Å². The molecule has 2 amide bonds. The number of ether oxygens (including phenoxy) is 2. The predicted molar refractivity (Wildman–Crippen MR) is 130 cm³/mol. The second-order valence-corrected chi connectivity index (χ2v) is 11.9. The highest BCUT2D eigenvalue weighted by Crippen LogP contribution is 2.55. The van der Waals surface area contributed by atoms with Crippen LogP contribution in [-0.4, -0.2) is 68.7 Å². The molecule has 0 spiro atoms. The van der Waals surface area contributed by atoms with E-state index in [4.69, 9.17) is 9.47 Å². The summed E-state index contributed by atoms with van der Waals surface area (Å²) >= 11 is 0. The fraction of sp³-hybridized carbons (Fsp3) is 0.731. The van der Waals surface area contributed by atoms with E-state index in [0.29, 0.717) is 49.0 Å². The van der Waals surface area contributed by atoms with Crippen LogP contribution in [0.5, 0.6) is 5.88 Å². The van der Waals surface area contributed by atoms with Gasteiger partial charge in [0.1, 0.15) is 12.2 Å². The zero-order valence-electron chi connectivity index (χ0n) is 21.2. The average Bonchev–Trinajstić information content (AvgIpc) is 3.38. The highest BCUT2D eigenvalue weighted by Gasteiger charge is 2.55. The minimum atomic E-state index is -0.585. The van der Waals surface area contributed by atoms with Crippen LogP contribution in [0.15, 0.2) is 12.3 Å². The van der Waals surface area contributed by atoms with Crippen molar-refractivity contribution in [3.63, 3.8) is 0 Å². The fourth-order valence-electron chi connectivity index (χ4n) is 6.71. The van der Waals surface area contributed by atoms with Gasteiger partial charge in [0.15, 0.2) is 0 Å². The first-order valence-electron chi connectivity index (χ1n) is 12.9. The summed E-state index contributed by atoms with van der Waals surface area (Å²) in [5, 5.41) is 18.6. The van der Waals surface area contributed by atoms with E-state index < -0.39 is 11.1 Å². The van der Waals surface area contributed by atoms with Crippen molar-refractivity contribution in [3.8, 4) is 5.88 Å². The number of aliphatic hydroxyl groups is 1. The summed E-state index contributed by atoms with van der Waals surface area (Å²) in [6, 6.07) is 0.0799. The van der Waals surface area contributed by atoms with E-state index in [2.05, 4.69) is 24.3 Å². The molecule has 2 heterocycles. The van der Waals surface area contributed by atoms with Gasteiger partial charge in [0.25, 0.3) is 5.91 Å². The van der Waals surface area contributed by atoms with Gasteiger partial charge in [-0.1, -0.05) is 13.8 Å². The highest BCUT2D eigenvalue weighted by molar-refractivity contribution is 5.96. The molecular weight excluding hydrogens is 448 g/mol. The van der Waals surface area contributed by atoms with Crippen LogP contribution in [0.4, 0.5) is 4.79 Å². The van der Waals surface area contributed by atoms with Gasteiger partial charge in [-0.05, 0) is 75.7 Å². The Morgan fingerprint density at radius 2 is 2.06 bits per heavy atom. The summed E-state index contributed by atoms with van der Waals surface area (Å²) in [6.45, 7) is 9.33. The van der Waals surface area contributed by atoms with Crippen molar-refractivity contribution in [1.29, 1.82) is 0 Å². The normalized spacial score (nSPS) is 32.1. The molecule has 5 fully saturated rings. The minimum absolute atomic E-state index is 0.0799. The number of hydrogen-bond acceptors (Lipinski definition) is 6. The van der Waals surface area contributed by atoms with Gasteiger partial charge in [-0.15, -0.1) is 0 Å². The molecular formula is C26H38N4O5. The molecule has 5 aliphatic rings. The molecule has 1 saturated heterocycles. The third-order valence-corrected chi connectivity index (χ3v) is 8.17. The average molecular weight is 487 g/mol. The van der Waals surface area contributed by atoms with Gasteiger partial charge >= 0.3 is 6.09 Å². The Morgan fingerprint density at radius 3 is 2.66 bits per heavy atom. The monoisotopic (exact) mass is 486 g/mol. The van der Waals surface area contributed by atoms with E-state index in [1.165, 1.54) is 0 Å². The summed E-state index contributed by atoms with van der Waals surface area (Å²) in [5.41, 5.74) is -0.716. The third kappa shape index (κ3) is 4.67. The van der Waals surface area contributed by atoms with Gasteiger partial charge in [-0.3, -0.25) is 9.69 Å². The number of nitrogens with zero attached hydrogens (tertiary/aromatic N) is 3. The molecule has 4 bridgehead atoms. The standard InChI is InChI=1S/C26H38N4O5/c1-16(2)15-35-23-20(14-27-30(23)6-5-25(3,4)29-7-8-34-24(29)32)22(31)28-21-18-9-17-10-19(21)13-26(33,11-17)12-18/h5-6,14,16-19,21,33H,7-13,15H2,1-4H3,(H,28,31)/b6-5+/t17?,18?,19?,21-,26-. The van der Waals surface area contributed by atoms with Gasteiger partial charge in [0.2, 0.25) is 5.88 Å². The molecule has 35 heavy (non-hydrogen) atoms. The van der Waals surface area contributed by atoms with Crippen molar-refractivity contribution in [1.82, 2.24) is 20.0 Å². The van der Waals surface area contributed by atoms with Crippen molar-refractivity contribution < 1.29 is 24.2 Å². The molecule has 192 valence electrons. The summed E-state index contributed by atoms with van der Waals surface area (Å²) in [4.78, 5) is 27.1. The lowest BCUT2D eigenvalue weighted by atomic mass is 9.52. The second kappa shape index (κ2) is 8.84. The first kappa shape index (κ1) is 24.2. The zero-order valence-corrected chi connectivity index (χ0v) is 21.2. The van der Waals surface area contributed by atoms with Gasteiger partial charge < -0.3 is 19.9 Å². The number of cyclic esters (lactones) is 1. The van der Waals surface area contributed by atoms with Crippen molar-refractivity contribution in [2.75, 3.05) is 19.8 Å². The molecule has 2 atom stereocenters. The van der Waals surface area contributed by atoms with Crippen LogP contribution in [0, 0.1) is 23.7 Å². The maximum Gasteiger partial charge on any atom is 0.410 e. The number of nitrogens with one attached hydrogen (secondary N) is 1. The number of aromatic nitrogens is 2. The molecule has 2 N–H and O–H groups in total. The van der Waals surface area contributed by atoms with E-state index in [9.17, 15) is 14.7 Å². The van der Waals surface area contributed by atoms with Gasteiger partial charge in [-0.25, -0.2) is 9.48 Å². The van der Waals surface area contributed by atoms with Gasteiger partial charge in [0, 0.05) is 12.2 Å². The summed E-state index contributed by atoms with van der Waals surface area (Å²) < 4.78 is 12.7. The second-order valence-electron chi connectivity index (χ2n) is 11.9. The molecule has 9 heteroatoms. The number of hydrogen-bond donors (Lipinski definition) is 2. The smallest absolute Gasteiger partial charge is 0.410 e.